The molecule has 1 atom stereocenters. The van der Waals surface area contributed by atoms with Crippen molar-refractivity contribution >= 4 is 0 Å². The lowest BCUT2D eigenvalue weighted by Crippen LogP contribution is -2.14. The van der Waals surface area contributed by atoms with E-state index in [2.05, 4.69) is 68.6 Å². The van der Waals surface area contributed by atoms with Crippen molar-refractivity contribution in [3.8, 4) is 5.75 Å². The molecule has 2 aromatic rings. The van der Waals surface area contributed by atoms with Crippen LogP contribution in [-0.4, -0.2) is 7.05 Å². The van der Waals surface area contributed by atoms with Crippen LogP contribution in [0.25, 0.3) is 0 Å². The molecule has 0 amide bonds. The first kappa shape index (κ1) is 15.6. The quantitative estimate of drug-likeness (QED) is 0.847. The minimum absolute atomic E-state index is 0.281. The van der Waals surface area contributed by atoms with Gasteiger partial charge in [0.05, 0.1) is 0 Å². The summed E-state index contributed by atoms with van der Waals surface area (Å²) in [5, 5.41) is 3.27. The third-order valence-electron chi connectivity index (χ3n) is 3.89. The first-order valence-electron chi connectivity index (χ1n) is 7.62. The van der Waals surface area contributed by atoms with Gasteiger partial charge in [-0.25, -0.2) is 0 Å². The van der Waals surface area contributed by atoms with Gasteiger partial charge in [0.2, 0.25) is 0 Å². The molecular formula is C19H25NO. The lowest BCUT2D eigenvalue weighted by atomic mass is 10.1. The predicted octanol–water partition coefficient (Wildman–Crippen LogP) is 4.42. The summed E-state index contributed by atoms with van der Waals surface area (Å²) in [5.74, 6) is 0.969. The molecule has 112 valence electrons. The molecule has 0 radical (unpaired) electrons. The molecule has 0 saturated carbocycles. The van der Waals surface area contributed by atoms with E-state index in [1.165, 1.54) is 22.3 Å². The highest BCUT2D eigenvalue weighted by atomic mass is 16.5. The van der Waals surface area contributed by atoms with Crippen molar-refractivity contribution in [3.05, 3.63) is 64.7 Å². The van der Waals surface area contributed by atoms with Gasteiger partial charge in [-0.3, -0.25) is 0 Å². The molecule has 0 fully saturated rings. The first-order chi connectivity index (χ1) is 10.1. The Bertz CT molecular complexity index is 575. The Kier molecular flexibility index (Phi) is 5.40. The smallest absolute Gasteiger partial charge is 0.124 e. The lowest BCUT2D eigenvalue weighted by Gasteiger charge is -2.17. The maximum absolute atomic E-state index is 6.06. The molecule has 2 aromatic carbocycles. The Labute approximate surface area is 128 Å². The van der Waals surface area contributed by atoms with E-state index in [0.717, 1.165) is 12.2 Å². The van der Waals surface area contributed by atoms with Gasteiger partial charge in [-0.1, -0.05) is 43.3 Å². The van der Waals surface area contributed by atoms with E-state index < -0.39 is 0 Å². The summed E-state index contributed by atoms with van der Waals surface area (Å²) in [4.78, 5) is 0. The molecule has 0 saturated heterocycles. The standard InChI is InChI=1S/C19H25NO/c1-5-16-7-9-17(10-8-16)13-21-19-12-14(2)6-11-18(19)15(3)20-4/h6-12,15,20H,5,13H2,1-4H3. The van der Waals surface area contributed by atoms with E-state index in [-0.39, 0.29) is 6.04 Å². The number of ether oxygens (including phenoxy) is 1. The minimum Gasteiger partial charge on any atom is -0.489 e. The molecule has 0 aliphatic heterocycles. The molecule has 2 nitrogen and oxygen atoms in total. The summed E-state index contributed by atoms with van der Waals surface area (Å²) >= 11 is 0. The van der Waals surface area contributed by atoms with Gasteiger partial charge < -0.3 is 10.1 Å². The fraction of sp³-hybridized carbons (Fsp3) is 0.368. The SMILES string of the molecule is CCc1ccc(COc2cc(C)ccc2C(C)NC)cc1. The fourth-order valence-electron chi connectivity index (χ4n) is 2.31. The van der Waals surface area contributed by atoms with E-state index in [9.17, 15) is 0 Å². The number of benzene rings is 2. The average molecular weight is 283 g/mol. The summed E-state index contributed by atoms with van der Waals surface area (Å²) in [6.07, 6.45) is 1.07. The van der Waals surface area contributed by atoms with Gasteiger partial charge in [0.1, 0.15) is 12.4 Å². The summed E-state index contributed by atoms with van der Waals surface area (Å²) in [7, 11) is 1.97. The van der Waals surface area contributed by atoms with E-state index in [1.807, 2.05) is 7.05 Å². The molecule has 0 heterocycles. The summed E-state index contributed by atoms with van der Waals surface area (Å²) < 4.78 is 6.06. The molecule has 1 unspecified atom stereocenters. The topological polar surface area (TPSA) is 21.3 Å². The number of nitrogens with one attached hydrogen (secondary N) is 1. The molecule has 0 aromatic heterocycles. The van der Waals surface area contributed by atoms with Crippen LogP contribution in [0.1, 0.15) is 42.1 Å². The number of hydrogen-bond acceptors (Lipinski definition) is 2. The van der Waals surface area contributed by atoms with E-state index in [4.69, 9.17) is 4.74 Å². The Morgan fingerprint density at radius 1 is 1.05 bits per heavy atom. The fourth-order valence-corrected chi connectivity index (χ4v) is 2.31. The molecule has 0 aliphatic carbocycles. The summed E-state index contributed by atoms with van der Waals surface area (Å²) in [5.41, 5.74) is 4.99. The van der Waals surface area contributed by atoms with Crippen LogP contribution in [0, 0.1) is 6.92 Å². The van der Waals surface area contributed by atoms with Crippen LogP contribution in [-0.2, 0) is 13.0 Å². The number of rotatable bonds is 6. The van der Waals surface area contributed by atoms with Gasteiger partial charge in [0.15, 0.2) is 0 Å². The van der Waals surface area contributed by atoms with Crippen LogP contribution in [0.3, 0.4) is 0 Å². The highest BCUT2D eigenvalue weighted by Crippen LogP contribution is 2.27. The normalized spacial score (nSPS) is 12.2. The first-order valence-corrected chi connectivity index (χ1v) is 7.62. The monoisotopic (exact) mass is 283 g/mol. The minimum atomic E-state index is 0.281. The van der Waals surface area contributed by atoms with Crippen LogP contribution < -0.4 is 10.1 Å². The molecule has 0 bridgehead atoms. The number of hydrogen-bond donors (Lipinski definition) is 1. The molecule has 0 spiro atoms. The Hall–Kier alpha value is -1.80. The van der Waals surface area contributed by atoms with E-state index in [1.54, 1.807) is 0 Å². The maximum atomic E-state index is 6.06. The van der Waals surface area contributed by atoms with Crippen LogP contribution in [0.5, 0.6) is 5.75 Å². The van der Waals surface area contributed by atoms with Crippen LogP contribution in [0.15, 0.2) is 42.5 Å². The van der Waals surface area contributed by atoms with Crippen molar-refractivity contribution in [1.29, 1.82) is 0 Å². The Balaban J connectivity index is 2.12. The predicted molar refractivity (Wildman–Crippen MR) is 88.8 cm³/mol. The van der Waals surface area contributed by atoms with Gasteiger partial charge in [0, 0.05) is 11.6 Å². The second kappa shape index (κ2) is 7.28. The zero-order valence-electron chi connectivity index (χ0n) is 13.4. The lowest BCUT2D eigenvalue weighted by molar-refractivity contribution is 0.300. The third kappa shape index (κ3) is 4.08. The second-order valence-corrected chi connectivity index (χ2v) is 5.51. The zero-order chi connectivity index (χ0) is 15.2. The Morgan fingerprint density at radius 3 is 2.33 bits per heavy atom. The van der Waals surface area contributed by atoms with Crippen molar-refractivity contribution in [2.75, 3.05) is 7.05 Å². The van der Waals surface area contributed by atoms with Gasteiger partial charge in [-0.2, -0.15) is 0 Å². The molecule has 1 N–H and O–H groups in total. The second-order valence-electron chi connectivity index (χ2n) is 5.51. The van der Waals surface area contributed by atoms with Crippen molar-refractivity contribution in [1.82, 2.24) is 5.32 Å². The van der Waals surface area contributed by atoms with Crippen LogP contribution >= 0.6 is 0 Å². The van der Waals surface area contributed by atoms with Crippen LogP contribution in [0.2, 0.25) is 0 Å². The van der Waals surface area contributed by atoms with E-state index >= 15 is 0 Å². The largest absolute Gasteiger partial charge is 0.489 e. The zero-order valence-corrected chi connectivity index (χ0v) is 13.4. The molecule has 2 rings (SSSR count). The highest BCUT2D eigenvalue weighted by Gasteiger charge is 2.10. The van der Waals surface area contributed by atoms with Crippen molar-refractivity contribution in [2.45, 2.75) is 39.8 Å². The van der Waals surface area contributed by atoms with Crippen molar-refractivity contribution < 1.29 is 4.74 Å². The summed E-state index contributed by atoms with van der Waals surface area (Å²) in [6.45, 7) is 7.02. The molecule has 21 heavy (non-hydrogen) atoms. The number of aryl methyl sites for hydroxylation is 2. The van der Waals surface area contributed by atoms with Gasteiger partial charge in [-0.15, -0.1) is 0 Å². The third-order valence-corrected chi connectivity index (χ3v) is 3.89. The van der Waals surface area contributed by atoms with Gasteiger partial charge in [0.25, 0.3) is 0 Å². The average Bonchev–Trinajstić information content (AvgIpc) is 2.52. The van der Waals surface area contributed by atoms with Crippen molar-refractivity contribution in [2.24, 2.45) is 0 Å². The van der Waals surface area contributed by atoms with Crippen LogP contribution in [0.4, 0.5) is 0 Å². The van der Waals surface area contributed by atoms with Gasteiger partial charge in [-0.05, 0) is 50.1 Å². The molecule has 2 heteroatoms. The Morgan fingerprint density at radius 2 is 1.71 bits per heavy atom. The molecular weight excluding hydrogens is 258 g/mol. The van der Waals surface area contributed by atoms with Crippen molar-refractivity contribution in [3.63, 3.8) is 0 Å². The molecule has 0 aliphatic rings. The van der Waals surface area contributed by atoms with Gasteiger partial charge >= 0.3 is 0 Å². The van der Waals surface area contributed by atoms with E-state index in [0.29, 0.717) is 6.61 Å². The maximum Gasteiger partial charge on any atom is 0.124 e. The summed E-state index contributed by atoms with van der Waals surface area (Å²) in [6, 6.07) is 15.3. The highest BCUT2D eigenvalue weighted by molar-refractivity contribution is 5.39.